The summed E-state index contributed by atoms with van der Waals surface area (Å²) in [4.78, 5) is 56.7. The highest BCUT2D eigenvalue weighted by atomic mass is 16.5. The second-order valence-corrected chi connectivity index (χ2v) is 10.6. The molecule has 1 saturated carbocycles. The van der Waals surface area contributed by atoms with Gasteiger partial charge in [-0.3, -0.25) is 24.1 Å². The highest BCUT2D eigenvalue weighted by Crippen LogP contribution is 2.64. The molecule has 4 amide bonds. The van der Waals surface area contributed by atoms with Gasteiger partial charge in [0, 0.05) is 18.5 Å². The summed E-state index contributed by atoms with van der Waals surface area (Å²) in [6.07, 6.45) is 2.62. The van der Waals surface area contributed by atoms with E-state index in [0.29, 0.717) is 17.7 Å². The second kappa shape index (κ2) is 8.03. The molecular weight excluding hydrogens is 472 g/mol. The molecule has 190 valence electrons. The molecule has 4 aliphatic rings. The number of carbonyl (C=O) groups is 4. The summed E-state index contributed by atoms with van der Waals surface area (Å²) in [6.45, 7) is 1.79. The van der Waals surface area contributed by atoms with Crippen LogP contribution in [0.15, 0.2) is 60.2 Å². The number of anilines is 1. The zero-order valence-corrected chi connectivity index (χ0v) is 20.9. The Bertz CT molecular complexity index is 1380. The van der Waals surface area contributed by atoms with Crippen molar-refractivity contribution in [3.63, 3.8) is 0 Å². The fraction of sp³-hybridized carbons (Fsp3) is 0.379. The summed E-state index contributed by atoms with van der Waals surface area (Å²) >= 11 is 0. The number of allylic oxidation sites excluding steroid dienone is 2. The van der Waals surface area contributed by atoms with Gasteiger partial charge in [-0.2, -0.15) is 0 Å². The van der Waals surface area contributed by atoms with Gasteiger partial charge in [-0.05, 0) is 43.9 Å². The van der Waals surface area contributed by atoms with Crippen molar-refractivity contribution in [2.75, 3.05) is 19.1 Å². The molecule has 8 nitrogen and oxygen atoms in total. The maximum absolute atomic E-state index is 14.2. The van der Waals surface area contributed by atoms with Crippen molar-refractivity contribution < 1.29 is 29.0 Å². The molecule has 3 fully saturated rings. The second-order valence-electron chi connectivity index (χ2n) is 10.6. The number of phenolic OH excluding ortho intramolecular Hbond substituents is 1. The molecule has 6 atom stereocenters. The summed E-state index contributed by atoms with van der Waals surface area (Å²) < 4.78 is 5.37. The quantitative estimate of drug-likeness (QED) is 0.513. The van der Waals surface area contributed by atoms with E-state index >= 15 is 0 Å². The molecule has 2 aromatic rings. The number of hydrogen-bond donors (Lipinski definition) is 1. The standard InChI is InChI=1S/C29H28N2O6/c1-29-20(26(34)31(28(29)36)15-8-5-4-6-9-15)14-19-16(12-13-17-22(19)27(35)30(2)25(17)33)23(29)18-10-7-11-21(37-3)24(18)32/h4-12,17,19-20,22-23,32H,13-14H2,1-3H3. The number of likely N-dealkylation sites (tertiary alicyclic amines) is 1. The molecule has 2 aliphatic carbocycles. The first-order valence-electron chi connectivity index (χ1n) is 12.5. The Balaban J connectivity index is 1.57. The Morgan fingerprint density at radius 3 is 2.38 bits per heavy atom. The van der Waals surface area contributed by atoms with Gasteiger partial charge >= 0.3 is 0 Å². The predicted molar refractivity (Wildman–Crippen MR) is 133 cm³/mol. The van der Waals surface area contributed by atoms with Gasteiger partial charge in [0.05, 0.1) is 36.0 Å². The number of rotatable bonds is 3. The SMILES string of the molecule is COc1cccc(C2C3=CCC4C(=O)N(C)C(=O)C4C3CC3C(=O)N(c4ccccc4)C(=O)C32C)c1O. The van der Waals surface area contributed by atoms with E-state index in [1.54, 1.807) is 49.4 Å². The third kappa shape index (κ3) is 2.95. The number of ether oxygens (including phenoxy) is 1. The highest BCUT2D eigenvalue weighted by molar-refractivity contribution is 6.24. The lowest BCUT2D eigenvalue weighted by atomic mass is 9.51. The Kier molecular flexibility index (Phi) is 5.09. The van der Waals surface area contributed by atoms with Crippen LogP contribution in [0.2, 0.25) is 0 Å². The summed E-state index contributed by atoms with van der Waals surface area (Å²) in [6, 6.07) is 14.0. The summed E-state index contributed by atoms with van der Waals surface area (Å²) in [5.41, 5.74) is 0.589. The maximum Gasteiger partial charge on any atom is 0.241 e. The smallest absolute Gasteiger partial charge is 0.241 e. The van der Waals surface area contributed by atoms with Gasteiger partial charge in [-0.15, -0.1) is 0 Å². The number of phenols is 1. The third-order valence-corrected chi connectivity index (χ3v) is 9.07. The number of para-hydroxylation sites is 2. The first-order chi connectivity index (χ1) is 17.7. The van der Waals surface area contributed by atoms with E-state index in [-0.39, 0.29) is 41.5 Å². The largest absolute Gasteiger partial charge is 0.504 e. The van der Waals surface area contributed by atoms with Crippen LogP contribution in [0.25, 0.3) is 0 Å². The zero-order chi connectivity index (χ0) is 26.2. The van der Waals surface area contributed by atoms with Gasteiger partial charge in [0.2, 0.25) is 23.6 Å². The Morgan fingerprint density at radius 1 is 0.946 bits per heavy atom. The number of nitrogens with zero attached hydrogens (tertiary/aromatic N) is 2. The lowest BCUT2D eigenvalue weighted by molar-refractivity contribution is -0.138. The van der Waals surface area contributed by atoms with Crippen molar-refractivity contribution in [1.29, 1.82) is 0 Å². The van der Waals surface area contributed by atoms with Gasteiger partial charge in [-0.25, -0.2) is 4.90 Å². The first-order valence-corrected chi connectivity index (χ1v) is 12.5. The lowest BCUT2D eigenvalue weighted by Crippen LogP contribution is -2.48. The van der Waals surface area contributed by atoms with Gasteiger partial charge < -0.3 is 9.84 Å². The minimum atomic E-state index is -1.20. The first kappa shape index (κ1) is 23.5. The topological polar surface area (TPSA) is 104 Å². The van der Waals surface area contributed by atoms with Crippen LogP contribution in [0.4, 0.5) is 5.69 Å². The van der Waals surface area contributed by atoms with Crippen molar-refractivity contribution in [3.8, 4) is 11.5 Å². The van der Waals surface area contributed by atoms with E-state index in [4.69, 9.17) is 4.74 Å². The molecule has 0 bridgehead atoms. The fourth-order valence-corrected chi connectivity index (χ4v) is 7.28. The van der Waals surface area contributed by atoms with Crippen molar-refractivity contribution in [2.24, 2.45) is 29.1 Å². The molecule has 2 aromatic carbocycles. The van der Waals surface area contributed by atoms with Crippen LogP contribution in [0, 0.1) is 29.1 Å². The molecular formula is C29H28N2O6. The van der Waals surface area contributed by atoms with Crippen LogP contribution >= 0.6 is 0 Å². The van der Waals surface area contributed by atoms with E-state index in [2.05, 4.69) is 0 Å². The number of amides is 4. The highest BCUT2D eigenvalue weighted by Gasteiger charge is 2.67. The molecule has 0 aromatic heterocycles. The van der Waals surface area contributed by atoms with Gasteiger partial charge in [0.1, 0.15) is 0 Å². The number of methoxy groups -OCH3 is 1. The van der Waals surface area contributed by atoms with E-state index in [1.165, 1.54) is 24.0 Å². The molecule has 8 heteroatoms. The minimum absolute atomic E-state index is 0.0944. The number of carbonyl (C=O) groups excluding carboxylic acids is 4. The molecule has 37 heavy (non-hydrogen) atoms. The average Bonchev–Trinajstić information content (AvgIpc) is 3.24. The van der Waals surface area contributed by atoms with Gasteiger partial charge in [-0.1, -0.05) is 42.0 Å². The van der Waals surface area contributed by atoms with Gasteiger partial charge in [0.15, 0.2) is 11.5 Å². The number of fused-ring (bicyclic) bond motifs is 4. The molecule has 0 spiro atoms. The predicted octanol–water partition coefficient (Wildman–Crippen LogP) is 3.26. The van der Waals surface area contributed by atoms with E-state index < -0.39 is 35.0 Å². The molecule has 6 rings (SSSR count). The summed E-state index contributed by atoms with van der Waals surface area (Å²) in [5, 5.41) is 11.2. The Labute approximate surface area is 214 Å². The fourth-order valence-electron chi connectivity index (χ4n) is 7.28. The monoisotopic (exact) mass is 500 g/mol. The van der Waals surface area contributed by atoms with Crippen molar-refractivity contribution >= 4 is 29.3 Å². The number of benzene rings is 2. The third-order valence-electron chi connectivity index (χ3n) is 9.07. The van der Waals surface area contributed by atoms with Crippen LogP contribution in [-0.4, -0.2) is 47.8 Å². The molecule has 2 saturated heterocycles. The van der Waals surface area contributed by atoms with Crippen LogP contribution in [0.5, 0.6) is 11.5 Å². The lowest BCUT2D eigenvalue weighted by Gasteiger charge is -2.49. The number of aromatic hydroxyl groups is 1. The van der Waals surface area contributed by atoms with E-state index in [9.17, 15) is 24.3 Å². The molecule has 1 N–H and O–H groups in total. The molecule has 2 heterocycles. The van der Waals surface area contributed by atoms with Crippen molar-refractivity contribution in [1.82, 2.24) is 4.90 Å². The van der Waals surface area contributed by atoms with Crippen LogP contribution in [0.3, 0.4) is 0 Å². The zero-order valence-electron chi connectivity index (χ0n) is 20.9. The Hall–Kier alpha value is -3.94. The van der Waals surface area contributed by atoms with Gasteiger partial charge in [0.25, 0.3) is 0 Å². The average molecular weight is 501 g/mol. The van der Waals surface area contributed by atoms with Crippen LogP contribution in [-0.2, 0) is 19.2 Å². The van der Waals surface area contributed by atoms with Crippen molar-refractivity contribution in [2.45, 2.75) is 25.7 Å². The molecule has 2 aliphatic heterocycles. The summed E-state index contributed by atoms with van der Waals surface area (Å²) in [7, 11) is 2.96. The molecule has 0 radical (unpaired) electrons. The van der Waals surface area contributed by atoms with E-state index in [1.807, 2.05) is 12.1 Å². The number of imide groups is 2. The maximum atomic E-state index is 14.2. The van der Waals surface area contributed by atoms with E-state index in [0.717, 1.165) is 5.57 Å². The summed E-state index contributed by atoms with van der Waals surface area (Å²) in [5.74, 6) is -3.83. The van der Waals surface area contributed by atoms with Crippen LogP contribution < -0.4 is 9.64 Å². The Morgan fingerprint density at radius 2 is 1.68 bits per heavy atom. The van der Waals surface area contributed by atoms with Crippen molar-refractivity contribution in [3.05, 3.63) is 65.7 Å². The minimum Gasteiger partial charge on any atom is -0.504 e. The normalized spacial score (nSPS) is 32.7. The molecule has 6 unspecified atom stereocenters. The number of hydrogen-bond acceptors (Lipinski definition) is 6. The van der Waals surface area contributed by atoms with Crippen LogP contribution in [0.1, 0.15) is 31.2 Å².